The summed E-state index contributed by atoms with van der Waals surface area (Å²) in [5.41, 5.74) is 0.0631. The van der Waals surface area contributed by atoms with E-state index < -0.39 is 11.7 Å². The molecular formula is C14H18FNO. The summed E-state index contributed by atoms with van der Waals surface area (Å²) in [4.78, 5) is 11.4. The van der Waals surface area contributed by atoms with E-state index in [2.05, 4.69) is 5.32 Å². The van der Waals surface area contributed by atoms with Gasteiger partial charge in [-0.15, -0.1) is 0 Å². The van der Waals surface area contributed by atoms with Crippen molar-refractivity contribution in [1.82, 2.24) is 5.32 Å². The molecule has 1 aliphatic carbocycles. The number of hydrogen-bond donors (Lipinski definition) is 1. The van der Waals surface area contributed by atoms with Gasteiger partial charge in [0, 0.05) is 6.92 Å². The largest absolute Gasteiger partial charge is 0.344 e. The van der Waals surface area contributed by atoms with Crippen LogP contribution in [0.15, 0.2) is 30.3 Å². The molecule has 1 aromatic carbocycles. The minimum Gasteiger partial charge on any atom is -0.344 e. The van der Waals surface area contributed by atoms with Gasteiger partial charge in [-0.1, -0.05) is 43.2 Å². The summed E-state index contributed by atoms with van der Waals surface area (Å²) in [5, 5.41) is 2.85. The summed E-state index contributed by atoms with van der Waals surface area (Å²) in [6.07, 6.45) is 2.06. The molecule has 0 bridgehead atoms. The summed E-state index contributed by atoms with van der Waals surface area (Å²) >= 11 is 0. The average molecular weight is 235 g/mol. The fraction of sp³-hybridized carbons (Fsp3) is 0.500. The number of carbonyl (C=O) groups is 1. The fourth-order valence-electron chi connectivity index (χ4n) is 2.72. The van der Waals surface area contributed by atoms with Gasteiger partial charge in [-0.3, -0.25) is 4.79 Å². The molecule has 2 nitrogen and oxygen atoms in total. The normalized spacial score (nSPS) is 28.7. The first-order valence-corrected chi connectivity index (χ1v) is 6.13. The van der Waals surface area contributed by atoms with Crippen LogP contribution in [0.5, 0.6) is 0 Å². The predicted molar refractivity (Wildman–Crippen MR) is 65.3 cm³/mol. The molecule has 92 valence electrons. The standard InChI is InChI=1S/C14H18FNO/c1-11(17)16-14(10-6-5-9-13(14)15)12-7-3-2-4-8-12/h2-4,7-8,13H,5-6,9-10H2,1H3,(H,16,17). The molecule has 0 heterocycles. The second kappa shape index (κ2) is 4.86. The minimum absolute atomic E-state index is 0.168. The maximum absolute atomic E-state index is 14.3. The van der Waals surface area contributed by atoms with Crippen LogP contribution in [-0.4, -0.2) is 12.1 Å². The van der Waals surface area contributed by atoms with Crippen molar-refractivity contribution in [1.29, 1.82) is 0 Å². The van der Waals surface area contributed by atoms with E-state index in [1.807, 2.05) is 30.3 Å². The number of halogens is 1. The first-order valence-electron chi connectivity index (χ1n) is 6.13. The summed E-state index contributed by atoms with van der Waals surface area (Å²) in [5.74, 6) is -0.168. The molecule has 2 atom stereocenters. The molecule has 1 fully saturated rings. The Morgan fingerprint density at radius 3 is 2.65 bits per heavy atom. The van der Waals surface area contributed by atoms with Crippen LogP contribution in [0, 0.1) is 0 Å². The highest BCUT2D eigenvalue weighted by Gasteiger charge is 2.43. The van der Waals surface area contributed by atoms with E-state index in [4.69, 9.17) is 0 Å². The number of hydrogen-bond acceptors (Lipinski definition) is 1. The zero-order valence-electron chi connectivity index (χ0n) is 10.1. The molecule has 1 aliphatic rings. The van der Waals surface area contributed by atoms with Gasteiger partial charge in [0.2, 0.25) is 5.91 Å². The van der Waals surface area contributed by atoms with E-state index in [-0.39, 0.29) is 5.91 Å². The highest BCUT2D eigenvalue weighted by molar-refractivity contribution is 5.74. The molecule has 1 amide bonds. The highest BCUT2D eigenvalue weighted by atomic mass is 19.1. The lowest BCUT2D eigenvalue weighted by molar-refractivity contribution is -0.122. The van der Waals surface area contributed by atoms with Crippen LogP contribution < -0.4 is 5.32 Å². The van der Waals surface area contributed by atoms with E-state index in [1.54, 1.807) is 0 Å². The third kappa shape index (κ3) is 2.33. The Morgan fingerprint density at radius 1 is 1.35 bits per heavy atom. The third-order valence-corrected chi connectivity index (χ3v) is 3.50. The van der Waals surface area contributed by atoms with Crippen molar-refractivity contribution in [2.24, 2.45) is 0 Å². The van der Waals surface area contributed by atoms with Crippen molar-refractivity contribution in [3.63, 3.8) is 0 Å². The van der Waals surface area contributed by atoms with Crippen LogP contribution in [-0.2, 0) is 10.3 Å². The Labute approximate surface area is 101 Å². The molecule has 3 heteroatoms. The minimum atomic E-state index is -0.998. The lowest BCUT2D eigenvalue weighted by Gasteiger charge is -2.41. The van der Waals surface area contributed by atoms with Gasteiger partial charge in [-0.25, -0.2) is 4.39 Å². The molecule has 1 N–H and O–H groups in total. The molecule has 0 spiro atoms. The first-order chi connectivity index (χ1) is 8.15. The van der Waals surface area contributed by atoms with Crippen molar-refractivity contribution in [3.05, 3.63) is 35.9 Å². The molecule has 2 rings (SSSR count). The van der Waals surface area contributed by atoms with Gasteiger partial charge in [-0.2, -0.15) is 0 Å². The van der Waals surface area contributed by atoms with Crippen LogP contribution in [0.3, 0.4) is 0 Å². The highest BCUT2D eigenvalue weighted by Crippen LogP contribution is 2.39. The van der Waals surface area contributed by atoms with Gasteiger partial charge in [0.15, 0.2) is 0 Å². The molecule has 0 saturated heterocycles. The predicted octanol–water partition coefficient (Wildman–Crippen LogP) is 2.93. The van der Waals surface area contributed by atoms with Gasteiger partial charge in [0.1, 0.15) is 6.17 Å². The second-order valence-corrected chi connectivity index (χ2v) is 4.73. The van der Waals surface area contributed by atoms with Gasteiger partial charge in [-0.05, 0) is 18.4 Å². The zero-order valence-corrected chi connectivity index (χ0v) is 10.1. The van der Waals surface area contributed by atoms with E-state index in [0.29, 0.717) is 12.8 Å². The Bertz CT molecular complexity index is 392. The van der Waals surface area contributed by atoms with Gasteiger partial charge in [0.25, 0.3) is 0 Å². The first kappa shape index (κ1) is 12.1. The zero-order chi connectivity index (χ0) is 12.3. The van der Waals surface area contributed by atoms with Crippen molar-refractivity contribution in [2.75, 3.05) is 0 Å². The molecule has 1 aromatic rings. The van der Waals surface area contributed by atoms with E-state index in [0.717, 1.165) is 18.4 Å². The quantitative estimate of drug-likeness (QED) is 0.839. The van der Waals surface area contributed by atoms with Crippen LogP contribution in [0.25, 0.3) is 0 Å². The summed E-state index contributed by atoms with van der Waals surface area (Å²) in [6.45, 7) is 1.45. The Kier molecular flexibility index (Phi) is 3.46. The molecule has 0 aromatic heterocycles. The van der Waals surface area contributed by atoms with E-state index in [9.17, 15) is 9.18 Å². The van der Waals surface area contributed by atoms with Crippen LogP contribution in [0.4, 0.5) is 4.39 Å². The SMILES string of the molecule is CC(=O)NC1(c2ccccc2)CCCCC1F. The molecule has 17 heavy (non-hydrogen) atoms. The molecule has 0 radical (unpaired) electrons. The average Bonchev–Trinajstić information content (AvgIpc) is 2.33. The smallest absolute Gasteiger partial charge is 0.217 e. The van der Waals surface area contributed by atoms with Gasteiger partial charge < -0.3 is 5.32 Å². The van der Waals surface area contributed by atoms with Crippen molar-refractivity contribution < 1.29 is 9.18 Å². The molecule has 1 saturated carbocycles. The summed E-state index contributed by atoms with van der Waals surface area (Å²) < 4.78 is 14.3. The monoisotopic (exact) mass is 235 g/mol. The number of amides is 1. The fourth-order valence-corrected chi connectivity index (χ4v) is 2.72. The molecular weight excluding hydrogens is 217 g/mol. The second-order valence-electron chi connectivity index (χ2n) is 4.73. The summed E-state index contributed by atoms with van der Waals surface area (Å²) in [6, 6.07) is 9.48. The van der Waals surface area contributed by atoms with Gasteiger partial charge >= 0.3 is 0 Å². The Morgan fingerprint density at radius 2 is 2.06 bits per heavy atom. The number of alkyl halides is 1. The maximum atomic E-state index is 14.3. The van der Waals surface area contributed by atoms with E-state index >= 15 is 0 Å². The van der Waals surface area contributed by atoms with E-state index in [1.165, 1.54) is 6.92 Å². The maximum Gasteiger partial charge on any atom is 0.217 e. The van der Waals surface area contributed by atoms with Crippen molar-refractivity contribution >= 4 is 5.91 Å². The topological polar surface area (TPSA) is 29.1 Å². The number of carbonyl (C=O) groups excluding carboxylic acids is 1. The van der Waals surface area contributed by atoms with Crippen LogP contribution >= 0.6 is 0 Å². The number of rotatable bonds is 2. The summed E-state index contributed by atoms with van der Waals surface area (Å²) in [7, 11) is 0. The lowest BCUT2D eigenvalue weighted by atomic mass is 9.75. The Hall–Kier alpha value is -1.38. The third-order valence-electron chi connectivity index (χ3n) is 3.50. The van der Waals surface area contributed by atoms with Crippen molar-refractivity contribution in [2.45, 2.75) is 44.3 Å². The van der Waals surface area contributed by atoms with Gasteiger partial charge in [0.05, 0.1) is 5.54 Å². The van der Waals surface area contributed by atoms with Crippen molar-refractivity contribution in [3.8, 4) is 0 Å². The number of benzene rings is 1. The van der Waals surface area contributed by atoms with Crippen LogP contribution in [0.2, 0.25) is 0 Å². The lowest BCUT2D eigenvalue weighted by Crippen LogP contribution is -2.53. The Balaban J connectivity index is 2.39. The molecule has 0 aliphatic heterocycles. The molecule has 2 unspecified atom stereocenters. The van der Waals surface area contributed by atoms with Crippen LogP contribution in [0.1, 0.15) is 38.2 Å². The number of nitrogens with one attached hydrogen (secondary N) is 1.